The van der Waals surface area contributed by atoms with Gasteiger partial charge in [-0.2, -0.15) is 0 Å². The normalized spacial score (nSPS) is 11.9. The van der Waals surface area contributed by atoms with Gasteiger partial charge in [-0.3, -0.25) is 0 Å². The van der Waals surface area contributed by atoms with E-state index >= 15 is 0 Å². The standard InChI is InChI=1S/C14H27NO3.C2H6/c1-6-8-12(9-10-16)11-15(7-2)13(17)18-14(3,4)5;1-2/h10,12H,6-9,11H2,1-5H3;1-2H3. The molecule has 0 spiro atoms. The van der Waals surface area contributed by atoms with Crippen LogP contribution in [0.4, 0.5) is 4.79 Å². The van der Waals surface area contributed by atoms with Gasteiger partial charge in [0.2, 0.25) is 0 Å². The molecule has 1 amide bonds. The number of carbonyl (C=O) groups is 2. The minimum absolute atomic E-state index is 0.236. The summed E-state index contributed by atoms with van der Waals surface area (Å²) in [6.45, 7) is 14.8. The van der Waals surface area contributed by atoms with E-state index in [4.69, 9.17) is 4.74 Å². The van der Waals surface area contributed by atoms with Gasteiger partial charge in [-0.15, -0.1) is 0 Å². The number of hydrogen-bond donors (Lipinski definition) is 0. The number of carbonyl (C=O) groups excluding carboxylic acids is 2. The Bertz CT molecular complexity index is 259. The monoisotopic (exact) mass is 287 g/mol. The molecule has 0 aromatic carbocycles. The fourth-order valence-electron chi connectivity index (χ4n) is 1.80. The van der Waals surface area contributed by atoms with E-state index in [9.17, 15) is 9.59 Å². The molecule has 0 heterocycles. The molecule has 120 valence electrons. The van der Waals surface area contributed by atoms with Crippen molar-refractivity contribution in [3.05, 3.63) is 0 Å². The third kappa shape index (κ3) is 10.8. The van der Waals surface area contributed by atoms with Gasteiger partial charge in [0.15, 0.2) is 0 Å². The zero-order valence-corrected chi connectivity index (χ0v) is 14.4. The average Bonchev–Trinajstić information content (AvgIpc) is 2.36. The highest BCUT2D eigenvalue weighted by Crippen LogP contribution is 2.15. The highest BCUT2D eigenvalue weighted by Gasteiger charge is 2.23. The molecule has 1 unspecified atom stereocenters. The van der Waals surface area contributed by atoms with Crippen molar-refractivity contribution < 1.29 is 14.3 Å². The summed E-state index contributed by atoms with van der Waals surface area (Å²) in [5.74, 6) is 0.236. The summed E-state index contributed by atoms with van der Waals surface area (Å²) in [6, 6.07) is 0. The second kappa shape index (κ2) is 11.7. The van der Waals surface area contributed by atoms with Gasteiger partial charge in [-0.1, -0.05) is 27.2 Å². The Kier molecular flexibility index (Phi) is 12.5. The predicted octanol–water partition coefficient (Wildman–Crippen LogP) is 4.27. The van der Waals surface area contributed by atoms with Gasteiger partial charge >= 0.3 is 6.09 Å². The van der Waals surface area contributed by atoms with E-state index in [-0.39, 0.29) is 12.0 Å². The summed E-state index contributed by atoms with van der Waals surface area (Å²) in [7, 11) is 0. The predicted molar refractivity (Wildman–Crippen MR) is 83.9 cm³/mol. The molecular formula is C16H33NO3. The van der Waals surface area contributed by atoms with E-state index in [1.807, 2.05) is 41.5 Å². The first-order chi connectivity index (χ1) is 9.34. The van der Waals surface area contributed by atoms with Crippen molar-refractivity contribution in [3.63, 3.8) is 0 Å². The molecule has 0 aromatic rings. The molecule has 0 saturated carbocycles. The van der Waals surface area contributed by atoms with Crippen LogP contribution in [-0.4, -0.2) is 36.0 Å². The van der Waals surface area contributed by atoms with Crippen LogP contribution in [0.1, 0.15) is 67.7 Å². The quantitative estimate of drug-likeness (QED) is 0.657. The van der Waals surface area contributed by atoms with E-state index in [0.29, 0.717) is 19.5 Å². The summed E-state index contributed by atoms with van der Waals surface area (Å²) in [4.78, 5) is 24.2. The lowest BCUT2D eigenvalue weighted by atomic mass is 10.00. The van der Waals surface area contributed by atoms with Gasteiger partial charge in [0, 0.05) is 19.5 Å². The van der Waals surface area contributed by atoms with Crippen molar-refractivity contribution >= 4 is 12.4 Å². The van der Waals surface area contributed by atoms with Crippen LogP contribution in [-0.2, 0) is 9.53 Å². The van der Waals surface area contributed by atoms with Crippen molar-refractivity contribution in [1.29, 1.82) is 0 Å². The van der Waals surface area contributed by atoms with Crippen molar-refractivity contribution in [2.24, 2.45) is 5.92 Å². The van der Waals surface area contributed by atoms with Gasteiger partial charge in [-0.05, 0) is 40.0 Å². The Morgan fingerprint density at radius 2 is 1.80 bits per heavy atom. The van der Waals surface area contributed by atoms with E-state index in [1.54, 1.807) is 4.90 Å². The maximum atomic E-state index is 11.9. The fourth-order valence-corrected chi connectivity index (χ4v) is 1.80. The molecule has 0 radical (unpaired) electrons. The van der Waals surface area contributed by atoms with Crippen LogP contribution in [0.3, 0.4) is 0 Å². The second-order valence-electron chi connectivity index (χ2n) is 5.58. The molecule has 0 aliphatic rings. The Labute approximate surface area is 124 Å². The zero-order chi connectivity index (χ0) is 16.2. The Balaban J connectivity index is 0. The van der Waals surface area contributed by atoms with Crippen LogP contribution < -0.4 is 0 Å². The molecule has 0 fully saturated rings. The third-order valence-corrected chi connectivity index (χ3v) is 2.64. The molecule has 4 nitrogen and oxygen atoms in total. The topological polar surface area (TPSA) is 46.6 Å². The SMILES string of the molecule is CC.CCCC(CC=O)CN(CC)C(=O)OC(C)(C)C. The van der Waals surface area contributed by atoms with Crippen LogP contribution >= 0.6 is 0 Å². The van der Waals surface area contributed by atoms with Gasteiger partial charge in [0.25, 0.3) is 0 Å². The molecular weight excluding hydrogens is 254 g/mol. The maximum absolute atomic E-state index is 11.9. The van der Waals surface area contributed by atoms with E-state index in [1.165, 1.54) is 0 Å². The van der Waals surface area contributed by atoms with Crippen LogP contribution in [0.15, 0.2) is 0 Å². The summed E-state index contributed by atoms with van der Waals surface area (Å²) in [5, 5.41) is 0. The summed E-state index contributed by atoms with van der Waals surface area (Å²) < 4.78 is 5.35. The number of amides is 1. The van der Waals surface area contributed by atoms with Crippen LogP contribution in [0, 0.1) is 5.92 Å². The Morgan fingerprint density at radius 1 is 1.25 bits per heavy atom. The Hall–Kier alpha value is -1.06. The number of hydrogen-bond acceptors (Lipinski definition) is 3. The summed E-state index contributed by atoms with van der Waals surface area (Å²) in [5.41, 5.74) is -0.477. The zero-order valence-electron chi connectivity index (χ0n) is 14.4. The largest absolute Gasteiger partial charge is 0.444 e. The van der Waals surface area contributed by atoms with E-state index in [2.05, 4.69) is 6.92 Å². The van der Waals surface area contributed by atoms with E-state index in [0.717, 1.165) is 19.1 Å². The van der Waals surface area contributed by atoms with Crippen molar-refractivity contribution in [3.8, 4) is 0 Å². The first-order valence-electron chi connectivity index (χ1n) is 7.75. The van der Waals surface area contributed by atoms with Crippen molar-refractivity contribution in [2.45, 2.75) is 73.3 Å². The molecule has 0 N–H and O–H groups in total. The number of nitrogens with zero attached hydrogens (tertiary/aromatic N) is 1. The molecule has 0 aromatic heterocycles. The highest BCUT2D eigenvalue weighted by atomic mass is 16.6. The lowest BCUT2D eigenvalue weighted by Gasteiger charge is -2.29. The molecule has 0 saturated heterocycles. The van der Waals surface area contributed by atoms with Crippen LogP contribution in [0.5, 0.6) is 0 Å². The molecule has 0 bridgehead atoms. The second-order valence-corrected chi connectivity index (χ2v) is 5.58. The molecule has 0 aliphatic carbocycles. The van der Waals surface area contributed by atoms with Gasteiger partial charge in [-0.25, -0.2) is 4.79 Å². The minimum Gasteiger partial charge on any atom is -0.444 e. The first kappa shape index (κ1) is 21.2. The van der Waals surface area contributed by atoms with Crippen molar-refractivity contribution in [2.75, 3.05) is 13.1 Å². The fraction of sp³-hybridized carbons (Fsp3) is 0.875. The first-order valence-corrected chi connectivity index (χ1v) is 7.75. The molecule has 0 aliphatic heterocycles. The minimum atomic E-state index is -0.477. The molecule has 1 atom stereocenters. The number of aldehydes is 1. The van der Waals surface area contributed by atoms with Gasteiger partial charge in [0.1, 0.15) is 11.9 Å². The lowest BCUT2D eigenvalue weighted by molar-refractivity contribution is -0.108. The van der Waals surface area contributed by atoms with E-state index < -0.39 is 5.60 Å². The lowest BCUT2D eigenvalue weighted by Crippen LogP contribution is -2.39. The smallest absolute Gasteiger partial charge is 0.410 e. The van der Waals surface area contributed by atoms with Gasteiger partial charge in [0.05, 0.1) is 0 Å². The average molecular weight is 287 g/mol. The highest BCUT2D eigenvalue weighted by molar-refractivity contribution is 5.68. The Morgan fingerprint density at radius 3 is 2.15 bits per heavy atom. The summed E-state index contributed by atoms with van der Waals surface area (Å²) >= 11 is 0. The van der Waals surface area contributed by atoms with Crippen LogP contribution in [0.25, 0.3) is 0 Å². The third-order valence-electron chi connectivity index (χ3n) is 2.64. The summed E-state index contributed by atoms with van der Waals surface area (Å²) in [6.07, 6.45) is 3.12. The maximum Gasteiger partial charge on any atom is 0.410 e. The van der Waals surface area contributed by atoms with Gasteiger partial charge < -0.3 is 14.4 Å². The number of ether oxygens (including phenoxy) is 1. The molecule has 4 heteroatoms. The molecule has 0 rings (SSSR count). The molecule has 20 heavy (non-hydrogen) atoms. The van der Waals surface area contributed by atoms with Crippen LogP contribution in [0.2, 0.25) is 0 Å². The number of rotatable bonds is 7. The van der Waals surface area contributed by atoms with Crippen molar-refractivity contribution in [1.82, 2.24) is 4.90 Å².